The minimum Gasteiger partial charge on any atom is -0.418 e. The Morgan fingerprint density at radius 1 is 1.32 bits per heavy atom. The smallest absolute Gasteiger partial charge is 0.418 e. The Hall–Kier alpha value is -4.76. The highest BCUT2D eigenvalue weighted by Gasteiger charge is 2.27. The minimum atomic E-state index is -0.574. The van der Waals surface area contributed by atoms with E-state index in [-0.39, 0.29) is 24.1 Å². The van der Waals surface area contributed by atoms with Crippen LogP contribution in [0.5, 0.6) is 0 Å². The zero-order chi connectivity index (χ0) is 26.5. The lowest BCUT2D eigenvalue weighted by atomic mass is 10.0. The van der Waals surface area contributed by atoms with Crippen LogP contribution in [0.25, 0.3) is 0 Å². The van der Waals surface area contributed by atoms with Crippen molar-refractivity contribution in [1.29, 1.82) is 5.26 Å². The summed E-state index contributed by atoms with van der Waals surface area (Å²) < 4.78 is 10.4. The number of cyclic esters (lactones) is 1. The molecule has 0 aromatic carbocycles. The summed E-state index contributed by atoms with van der Waals surface area (Å²) in [6.07, 6.45) is 9.70. The van der Waals surface area contributed by atoms with Crippen molar-refractivity contribution in [2.45, 2.75) is 31.8 Å². The predicted molar refractivity (Wildman–Crippen MR) is 136 cm³/mol. The molecule has 3 amide bonds. The van der Waals surface area contributed by atoms with Crippen molar-refractivity contribution in [3.8, 4) is 6.07 Å². The van der Waals surface area contributed by atoms with Crippen LogP contribution >= 0.6 is 0 Å². The first-order chi connectivity index (χ1) is 18.6. The van der Waals surface area contributed by atoms with Gasteiger partial charge < -0.3 is 14.8 Å². The number of pyridine rings is 2. The number of anilines is 3. The summed E-state index contributed by atoms with van der Waals surface area (Å²) in [6, 6.07) is 5.15. The van der Waals surface area contributed by atoms with E-state index in [1.807, 2.05) is 0 Å². The highest BCUT2D eigenvalue weighted by molar-refractivity contribution is 6.01. The molecule has 12 nitrogen and oxygen atoms in total. The molecule has 0 unspecified atom stereocenters. The average molecular weight is 516 g/mol. The fraction of sp³-hybridized carbons (Fsp3) is 0.308. The molecule has 1 atom stereocenters. The third kappa shape index (κ3) is 5.33. The lowest BCUT2D eigenvalue weighted by Gasteiger charge is -2.29. The van der Waals surface area contributed by atoms with E-state index in [2.05, 4.69) is 26.7 Å². The first kappa shape index (κ1) is 24.9. The number of aromatic nitrogens is 2. The number of nitriles is 1. The maximum absolute atomic E-state index is 13.3. The molecule has 2 aromatic rings. The molecule has 194 valence electrons. The molecule has 2 N–H and O–H groups in total. The Balaban J connectivity index is 1.36. The van der Waals surface area contributed by atoms with E-state index >= 15 is 0 Å². The molecule has 0 bridgehead atoms. The molecular weight excluding hydrogens is 490 g/mol. The lowest BCUT2D eigenvalue weighted by molar-refractivity contribution is 0.111. The summed E-state index contributed by atoms with van der Waals surface area (Å²) in [5.74, 6) is 0.653. The monoisotopic (exact) mass is 515 g/mol. The number of carbonyl (C=O) groups is 3. The van der Waals surface area contributed by atoms with Gasteiger partial charge in [-0.05, 0) is 43.0 Å². The number of urea groups is 1. The first-order valence-corrected chi connectivity index (χ1v) is 12.2. The van der Waals surface area contributed by atoms with Crippen LogP contribution in [-0.4, -0.2) is 59.1 Å². The van der Waals surface area contributed by atoms with Gasteiger partial charge in [-0.25, -0.2) is 19.6 Å². The van der Waals surface area contributed by atoms with E-state index in [0.29, 0.717) is 61.5 Å². The van der Waals surface area contributed by atoms with Crippen LogP contribution < -0.4 is 15.5 Å². The number of amides is 3. The first-order valence-electron chi connectivity index (χ1n) is 12.2. The fourth-order valence-corrected chi connectivity index (χ4v) is 4.49. The number of aldehydes is 1. The lowest BCUT2D eigenvalue weighted by Crippen LogP contribution is -2.40. The van der Waals surface area contributed by atoms with Gasteiger partial charge >= 0.3 is 12.1 Å². The zero-order valence-electron chi connectivity index (χ0n) is 20.4. The van der Waals surface area contributed by atoms with Gasteiger partial charge in [-0.15, -0.1) is 0 Å². The van der Waals surface area contributed by atoms with Gasteiger partial charge in [0.1, 0.15) is 23.4 Å². The van der Waals surface area contributed by atoms with Gasteiger partial charge in [-0.2, -0.15) is 5.26 Å². The number of hydrogen-bond donors (Lipinski definition) is 2. The van der Waals surface area contributed by atoms with Crippen molar-refractivity contribution in [3.05, 3.63) is 65.3 Å². The topological polar surface area (TPSA) is 150 Å². The normalized spacial score (nSPS) is 18.3. The molecule has 0 aliphatic carbocycles. The Bertz CT molecular complexity index is 1360. The van der Waals surface area contributed by atoms with Gasteiger partial charge in [-0.3, -0.25) is 19.9 Å². The van der Waals surface area contributed by atoms with Crippen LogP contribution in [-0.2, 0) is 22.4 Å². The number of allylic oxidation sites excluding steroid dienone is 2. The van der Waals surface area contributed by atoms with Crippen molar-refractivity contribution in [3.63, 3.8) is 0 Å². The molecule has 3 aliphatic rings. The van der Waals surface area contributed by atoms with E-state index < -0.39 is 12.1 Å². The third-order valence-electron chi connectivity index (χ3n) is 6.38. The third-order valence-corrected chi connectivity index (χ3v) is 6.38. The van der Waals surface area contributed by atoms with Gasteiger partial charge in [0.2, 0.25) is 0 Å². The van der Waals surface area contributed by atoms with Crippen molar-refractivity contribution in [2.24, 2.45) is 0 Å². The van der Waals surface area contributed by atoms with Crippen LogP contribution in [0.2, 0.25) is 0 Å². The van der Waals surface area contributed by atoms with E-state index in [0.717, 1.165) is 12.0 Å². The maximum Gasteiger partial charge on any atom is 0.418 e. The molecule has 5 heterocycles. The minimum absolute atomic E-state index is 0.0742. The van der Waals surface area contributed by atoms with Crippen molar-refractivity contribution in [2.75, 3.05) is 35.3 Å². The quantitative estimate of drug-likeness (QED) is 0.552. The Morgan fingerprint density at radius 3 is 3.00 bits per heavy atom. The number of carbonyl (C=O) groups excluding carboxylic acids is 3. The van der Waals surface area contributed by atoms with Gasteiger partial charge in [0.15, 0.2) is 6.29 Å². The molecule has 0 radical (unpaired) electrons. The van der Waals surface area contributed by atoms with E-state index in [1.165, 1.54) is 22.3 Å². The summed E-state index contributed by atoms with van der Waals surface area (Å²) >= 11 is 0. The zero-order valence-corrected chi connectivity index (χ0v) is 20.4. The summed E-state index contributed by atoms with van der Waals surface area (Å²) in [5, 5.41) is 15.5. The van der Waals surface area contributed by atoms with Crippen molar-refractivity contribution in [1.82, 2.24) is 14.9 Å². The van der Waals surface area contributed by atoms with Crippen LogP contribution in [0, 0.1) is 11.3 Å². The molecular formula is C26H25N7O5. The van der Waals surface area contributed by atoms with E-state index in [1.54, 1.807) is 30.5 Å². The van der Waals surface area contributed by atoms with Crippen LogP contribution in [0.1, 0.15) is 40.0 Å². The summed E-state index contributed by atoms with van der Waals surface area (Å²) in [6.45, 7) is 1.68. The molecule has 0 saturated carbocycles. The second kappa shape index (κ2) is 11.1. The second-order valence-electron chi connectivity index (χ2n) is 8.93. The van der Waals surface area contributed by atoms with Crippen LogP contribution in [0.3, 0.4) is 0 Å². The average Bonchev–Trinajstić information content (AvgIpc) is 3.36. The number of nitrogens with zero attached hydrogens (tertiary/aromatic N) is 5. The van der Waals surface area contributed by atoms with Gasteiger partial charge in [0.25, 0.3) is 0 Å². The fourth-order valence-electron chi connectivity index (χ4n) is 4.49. The molecule has 2 aromatic heterocycles. The summed E-state index contributed by atoms with van der Waals surface area (Å²) in [4.78, 5) is 48.9. The molecule has 3 aliphatic heterocycles. The number of fused-ring (bicyclic) bond motifs is 1. The number of aryl methyl sites for hydroxylation is 1. The maximum atomic E-state index is 13.3. The number of ether oxygens (including phenoxy) is 2. The Labute approximate surface area is 218 Å². The molecule has 1 saturated heterocycles. The number of nitrogens with one attached hydrogen (secondary N) is 2. The molecule has 5 rings (SSSR count). The van der Waals surface area contributed by atoms with E-state index in [4.69, 9.17) is 9.47 Å². The van der Waals surface area contributed by atoms with Crippen molar-refractivity contribution < 1.29 is 23.9 Å². The number of hydrogen-bond acceptors (Lipinski definition) is 9. The van der Waals surface area contributed by atoms with Gasteiger partial charge in [0.05, 0.1) is 36.7 Å². The van der Waals surface area contributed by atoms with Gasteiger partial charge in [-0.1, -0.05) is 0 Å². The SMILES string of the molecule is N#Cc1cnc(NC(=O)N2CCCc3cc(CN4C=CC=COC4=O)c(C=O)nc32)cc1N[C@@H]1CCOC1. The molecule has 1 fully saturated rings. The molecule has 12 heteroatoms. The summed E-state index contributed by atoms with van der Waals surface area (Å²) in [5.41, 5.74) is 2.39. The van der Waals surface area contributed by atoms with Crippen LogP contribution in [0.4, 0.5) is 26.9 Å². The highest BCUT2D eigenvalue weighted by atomic mass is 16.5. The van der Waals surface area contributed by atoms with Crippen LogP contribution in [0.15, 0.2) is 42.9 Å². The number of rotatable bonds is 6. The highest BCUT2D eigenvalue weighted by Crippen LogP contribution is 2.29. The largest absolute Gasteiger partial charge is 0.418 e. The van der Waals surface area contributed by atoms with Gasteiger partial charge in [0, 0.05) is 37.2 Å². The molecule has 0 spiro atoms. The van der Waals surface area contributed by atoms with Crippen molar-refractivity contribution >= 4 is 35.7 Å². The summed E-state index contributed by atoms with van der Waals surface area (Å²) in [7, 11) is 0. The predicted octanol–water partition coefficient (Wildman–Crippen LogP) is 3.33. The van der Waals surface area contributed by atoms with E-state index in [9.17, 15) is 19.6 Å². The second-order valence-corrected chi connectivity index (χ2v) is 8.93. The molecule has 38 heavy (non-hydrogen) atoms. The standard InChI is InChI=1S/C26H25N7O5/c27-12-19-13-28-23(11-21(19)29-20-5-9-37-16-20)31-25(35)33-7-3-4-17-10-18(22(15-34)30-24(17)33)14-32-6-1-2-8-38-26(32)36/h1-2,6,8,10-11,13,15,20H,3-5,7,9,14,16H2,(H2,28,29,31,35)/t20-/m1/s1. The Kier molecular flexibility index (Phi) is 7.28. The Morgan fingerprint density at radius 2 is 2.21 bits per heavy atom.